The van der Waals surface area contributed by atoms with E-state index in [9.17, 15) is 4.79 Å². The van der Waals surface area contributed by atoms with Crippen LogP contribution in [-0.4, -0.2) is 25.8 Å². The standard InChI is InChI=1S/C16H11N5O2/c22-16(21-14-8-17-2-3-18-14)11-5-12-13(10-1-4-23-9-10)7-20-15(12)19-6-11/h1-9H,(H,19,20)(H,18,21,22). The normalized spacial score (nSPS) is 10.8. The molecule has 7 heteroatoms. The van der Waals surface area contributed by atoms with Crippen molar-refractivity contribution in [2.24, 2.45) is 0 Å². The molecule has 7 nitrogen and oxygen atoms in total. The van der Waals surface area contributed by atoms with Crippen LogP contribution in [0.25, 0.3) is 22.2 Å². The van der Waals surface area contributed by atoms with Crippen molar-refractivity contribution in [3.8, 4) is 11.1 Å². The molecule has 0 aliphatic carbocycles. The number of H-pyrrole nitrogens is 1. The van der Waals surface area contributed by atoms with E-state index in [1.807, 2.05) is 12.3 Å². The van der Waals surface area contributed by atoms with Gasteiger partial charge in [-0.25, -0.2) is 9.97 Å². The van der Waals surface area contributed by atoms with Gasteiger partial charge in [0.15, 0.2) is 5.82 Å². The van der Waals surface area contributed by atoms with E-state index >= 15 is 0 Å². The van der Waals surface area contributed by atoms with Gasteiger partial charge in [-0.15, -0.1) is 0 Å². The molecular weight excluding hydrogens is 294 g/mol. The van der Waals surface area contributed by atoms with Crippen molar-refractivity contribution < 1.29 is 9.21 Å². The first kappa shape index (κ1) is 13.2. The smallest absolute Gasteiger partial charge is 0.258 e. The van der Waals surface area contributed by atoms with E-state index in [1.165, 1.54) is 18.6 Å². The fourth-order valence-corrected chi connectivity index (χ4v) is 2.34. The Labute approximate surface area is 130 Å². The highest BCUT2D eigenvalue weighted by Gasteiger charge is 2.13. The number of anilines is 1. The molecule has 0 aliphatic heterocycles. The molecule has 0 saturated carbocycles. The molecular formula is C16H11N5O2. The van der Waals surface area contributed by atoms with E-state index in [2.05, 4.69) is 25.3 Å². The van der Waals surface area contributed by atoms with E-state index in [-0.39, 0.29) is 5.91 Å². The number of amides is 1. The highest BCUT2D eigenvalue weighted by molar-refractivity contribution is 6.06. The van der Waals surface area contributed by atoms with Gasteiger partial charge in [0.2, 0.25) is 0 Å². The Morgan fingerprint density at radius 2 is 2.17 bits per heavy atom. The Balaban J connectivity index is 1.71. The number of aromatic nitrogens is 4. The fraction of sp³-hybridized carbons (Fsp3) is 0. The highest BCUT2D eigenvalue weighted by Crippen LogP contribution is 2.28. The van der Waals surface area contributed by atoms with Gasteiger partial charge >= 0.3 is 0 Å². The zero-order chi connectivity index (χ0) is 15.6. The molecule has 112 valence electrons. The first-order chi connectivity index (χ1) is 11.3. The summed E-state index contributed by atoms with van der Waals surface area (Å²) in [5.74, 6) is 0.0981. The van der Waals surface area contributed by atoms with Crippen LogP contribution in [0.2, 0.25) is 0 Å². The van der Waals surface area contributed by atoms with Gasteiger partial charge in [-0.2, -0.15) is 0 Å². The second-order valence-electron chi connectivity index (χ2n) is 4.88. The van der Waals surface area contributed by atoms with Crippen LogP contribution in [-0.2, 0) is 0 Å². The quantitative estimate of drug-likeness (QED) is 0.606. The number of nitrogens with one attached hydrogen (secondary N) is 2. The molecule has 4 heterocycles. The van der Waals surface area contributed by atoms with Gasteiger partial charge in [0, 0.05) is 41.3 Å². The van der Waals surface area contributed by atoms with Gasteiger partial charge in [0.05, 0.1) is 24.3 Å². The fourth-order valence-electron chi connectivity index (χ4n) is 2.34. The lowest BCUT2D eigenvalue weighted by molar-refractivity contribution is 0.102. The van der Waals surface area contributed by atoms with Crippen LogP contribution in [0.5, 0.6) is 0 Å². The zero-order valence-electron chi connectivity index (χ0n) is 11.9. The minimum atomic E-state index is -0.292. The Bertz CT molecular complexity index is 961. The number of fused-ring (bicyclic) bond motifs is 1. The maximum Gasteiger partial charge on any atom is 0.258 e. The Hall–Kier alpha value is -3.48. The topological polar surface area (TPSA) is 96.7 Å². The monoisotopic (exact) mass is 305 g/mol. The van der Waals surface area contributed by atoms with Crippen LogP contribution in [0.1, 0.15) is 10.4 Å². The highest BCUT2D eigenvalue weighted by atomic mass is 16.3. The molecule has 23 heavy (non-hydrogen) atoms. The van der Waals surface area contributed by atoms with Crippen molar-refractivity contribution in [2.75, 3.05) is 5.32 Å². The number of aromatic amines is 1. The third-order valence-electron chi connectivity index (χ3n) is 3.43. The summed E-state index contributed by atoms with van der Waals surface area (Å²) in [6.45, 7) is 0. The average Bonchev–Trinajstić information content (AvgIpc) is 3.24. The summed E-state index contributed by atoms with van der Waals surface area (Å²) in [4.78, 5) is 27.6. The summed E-state index contributed by atoms with van der Waals surface area (Å²) in [6, 6.07) is 3.64. The van der Waals surface area contributed by atoms with E-state index in [0.717, 1.165) is 16.5 Å². The zero-order valence-corrected chi connectivity index (χ0v) is 11.9. The molecule has 0 spiro atoms. The van der Waals surface area contributed by atoms with Crippen LogP contribution < -0.4 is 5.32 Å². The summed E-state index contributed by atoms with van der Waals surface area (Å²) < 4.78 is 5.12. The number of carbonyl (C=O) groups excluding carboxylic acids is 1. The minimum Gasteiger partial charge on any atom is -0.472 e. The van der Waals surface area contributed by atoms with Crippen molar-refractivity contribution >= 4 is 22.8 Å². The van der Waals surface area contributed by atoms with Crippen LogP contribution in [0.15, 0.2) is 60.1 Å². The summed E-state index contributed by atoms with van der Waals surface area (Å²) in [5, 5.41) is 3.53. The van der Waals surface area contributed by atoms with Gasteiger partial charge in [-0.05, 0) is 12.1 Å². The summed E-state index contributed by atoms with van der Waals surface area (Å²) in [7, 11) is 0. The third kappa shape index (κ3) is 2.44. The number of nitrogens with zero attached hydrogens (tertiary/aromatic N) is 3. The number of hydrogen-bond donors (Lipinski definition) is 2. The molecule has 0 aliphatic rings. The summed E-state index contributed by atoms with van der Waals surface area (Å²) >= 11 is 0. The number of pyridine rings is 1. The first-order valence-corrected chi connectivity index (χ1v) is 6.88. The molecule has 4 aromatic heterocycles. The molecule has 0 aromatic carbocycles. The first-order valence-electron chi connectivity index (χ1n) is 6.88. The lowest BCUT2D eigenvalue weighted by Gasteiger charge is -2.04. The Morgan fingerprint density at radius 3 is 2.96 bits per heavy atom. The SMILES string of the molecule is O=C(Nc1cnccn1)c1cnc2[nH]cc(-c3ccoc3)c2c1. The maximum absolute atomic E-state index is 12.3. The molecule has 2 N–H and O–H groups in total. The number of rotatable bonds is 3. The van der Waals surface area contributed by atoms with E-state index in [1.54, 1.807) is 24.8 Å². The van der Waals surface area contributed by atoms with Crippen LogP contribution in [0.3, 0.4) is 0 Å². The van der Waals surface area contributed by atoms with Crippen LogP contribution in [0, 0.1) is 0 Å². The molecule has 0 fully saturated rings. The summed E-state index contributed by atoms with van der Waals surface area (Å²) in [5.41, 5.74) is 2.99. The van der Waals surface area contributed by atoms with Crippen LogP contribution in [0.4, 0.5) is 5.82 Å². The predicted octanol–water partition coefficient (Wildman–Crippen LogP) is 2.87. The summed E-state index contributed by atoms with van der Waals surface area (Å²) in [6.07, 6.45) is 11.1. The molecule has 4 aromatic rings. The van der Waals surface area contributed by atoms with E-state index in [4.69, 9.17) is 4.42 Å². The second kappa shape index (κ2) is 5.38. The number of furan rings is 1. The third-order valence-corrected chi connectivity index (χ3v) is 3.43. The predicted molar refractivity (Wildman–Crippen MR) is 83.8 cm³/mol. The molecule has 0 radical (unpaired) electrons. The van der Waals surface area contributed by atoms with Crippen molar-refractivity contribution in [1.29, 1.82) is 0 Å². The lowest BCUT2D eigenvalue weighted by Crippen LogP contribution is -2.13. The molecule has 0 bridgehead atoms. The number of carbonyl (C=O) groups is 1. The van der Waals surface area contributed by atoms with Gasteiger partial charge in [-0.3, -0.25) is 9.78 Å². The van der Waals surface area contributed by atoms with Gasteiger partial charge in [0.1, 0.15) is 5.65 Å². The van der Waals surface area contributed by atoms with Crippen molar-refractivity contribution in [1.82, 2.24) is 19.9 Å². The minimum absolute atomic E-state index is 0.292. The van der Waals surface area contributed by atoms with E-state index < -0.39 is 0 Å². The van der Waals surface area contributed by atoms with Crippen molar-refractivity contribution in [3.05, 3.63) is 61.2 Å². The van der Waals surface area contributed by atoms with Gasteiger partial charge in [0.25, 0.3) is 5.91 Å². The van der Waals surface area contributed by atoms with Crippen molar-refractivity contribution in [2.45, 2.75) is 0 Å². The Kier molecular flexibility index (Phi) is 3.09. The van der Waals surface area contributed by atoms with Gasteiger partial charge < -0.3 is 14.7 Å². The van der Waals surface area contributed by atoms with Gasteiger partial charge in [-0.1, -0.05) is 0 Å². The Morgan fingerprint density at radius 1 is 1.22 bits per heavy atom. The molecule has 0 atom stereocenters. The second-order valence-corrected chi connectivity index (χ2v) is 4.88. The molecule has 0 unspecified atom stereocenters. The van der Waals surface area contributed by atoms with Crippen LogP contribution >= 0.6 is 0 Å². The average molecular weight is 305 g/mol. The molecule has 4 rings (SSSR count). The van der Waals surface area contributed by atoms with Crippen molar-refractivity contribution in [3.63, 3.8) is 0 Å². The largest absolute Gasteiger partial charge is 0.472 e. The molecule has 0 saturated heterocycles. The lowest BCUT2D eigenvalue weighted by atomic mass is 10.1. The van der Waals surface area contributed by atoms with E-state index in [0.29, 0.717) is 17.0 Å². The number of hydrogen-bond acceptors (Lipinski definition) is 5. The maximum atomic E-state index is 12.3. The molecule has 1 amide bonds.